The molecule has 1 fully saturated rings. The summed E-state index contributed by atoms with van der Waals surface area (Å²) in [5.41, 5.74) is 0. The maximum absolute atomic E-state index is 5.68. The standard InChI is InChI=1S/C8H15ClO3/c1-6-4-7(5-9)12-8(6,10-2)11-3/h6-7H,4-5H2,1-3H3. The average molecular weight is 195 g/mol. The van der Waals surface area contributed by atoms with Gasteiger partial charge < -0.3 is 14.2 Å². The highest BCUT2D eigenvalue weighted by atomic mass is 35.5. The van der Waals surface area contributed by atoms with Crippen LogP contribution in [-0.2, 0) is 14.2 Å². The minimum atomic E-state index is -0.875. The van der Waals surface area contributed by atoms with Gasteiger partial charge in [-0.25, -0.2) is 0 Å². The zero-order valence-corrected chi connectivity index (χ0v) is 8.43. The fraction of sp³-hybridized carbons (Fsp3) is 1.00. The molecule has 0 aromatic rings. The third-order valence-electron chi connectivity index (χ3n) is 2.29. The third-order valence-corrected chi connectivity index (χ3v) is 2.64. The number of rotatable bonds is 3. The molecule has 0 amide bonds. The van der Waals surface area contributed by atoms with Crippen molar-refractivity contribution >= 4 is 11.6 Å². The van der Waals surface area contributed by atoms with E-state index < -0.39 is 5.97 Å². The summed E-state index contributed by atoms with van der Waals surface area (Å²) < 4.78 is 15.9. The van der Waals surface area contributed by atoms with Crippen LogP contribution in [0.1, 0.15) is 13.3 Å². The van der Waals surface area contributed by atoms with E-state index in [1.165, 1.54) is 0 Å². The summed E-state index contributed by atoms with van der Waals surface area (Å²) in [6.45, 7) is 2.03. The van der Waals surface area contributed by atoms with Gasteiger partial charge in [0.25, 0.3) is 5.97 Å². The van der Waals surface area contributed by atoms with Crippen LogP contribution in [-0.4, -0.2) is 32.2 Å². The molecule has 0 spiro atoms. The first-order chi connectivity index (χ1) is 5.68. The predicted octanol–water partition coefficient (Wildman–Crippen LogP) is 1.60. The topological polar surface area (TPSA) is 27.7 Å². The molecular formula is C8H15ClO3. The van der Waals surface area contributed by atoms with Crippen molar-refractivity contribution in [2.75, 3.05) is 20.1 Å². The molecule has 0 aromatic carbocycles. The van der Waals surface area contributed by atoms with Gasteiger partial charge in [0, 0.05) is 26.0 Å². The lowest BCUT2D eigenvalue weighted by Gasteiger charge is -2.28. The Morgan fingerprint density at radius 2 is 2.08 bits per heavy atom. The van der Waals surface area contributed by atoms with Crippen molar-refractivity contribution in [1.82, 2.24) is 0 Å². The summed E-state index contributed by atoms with van der Waals surface area (Å²) in [7, 11) is 3.16. The molecule has 2 unspecified atom stereocenters. The van der Waals surface area contributed by atoms with E-state index in [9.17, 15) is 0 Å². The van der Waals surface area contributed by atoms with Crippen molar-refractivity contribution in [2.45, 2.75) is 25.4 Å². The monoisotopic (exact) mass is 194 g/mol. The smallest absolute Gasteiger partial charge is 0.285 e. The van der Waals surface area contributed by atoms with E-state index in [1.54, 1.807) is 14.2 Å². The Kier molecular flexibility index (Phi) is 3.35. The highest BCUT2D eigenvalue weighted by Crippen LogP contribution is 2.37. The van der Waals surface area contributed by atoms with Gasteiger partial charge in [0.15, 0.2) is 0 Å². The lowest BCUT2D eigenvalue weighted by Crippen LogP contribution is -2.38. The zero-order valence-electron chi connectivity index (χ0n) is 7.67. The van der Waals surface area contributed by atoms with Crippen molar-refractivity contribution in [3.8, 4) is 0 Å². The highest BCUT2D eigenvalue weighted by Gasteiger charge is 2.47. The molecule has 12 heavy (non-hydrogen) atoms. The predicted molar refractivity (Wildman–Crippen MR) is 46.1 cm³/mol. The summed E-state index contributed by atoms with van der Waals surface area (Å²) in [6, 6.07) is 0. The van der Waals surface area contributed by atoms with E-state index in [2.05, 4.69) is 0 Å². The van der Waals surface area contributed by atoms with Gasteiger partial charge in [-0.3, -0.25) is 0 Å². The molecule has 0 aromatic heterocycles. The number of halogens is 1. The van der Waals surface area contributed by atoms with Crippen LogP contribution in [0.3, 0.4) is 0 Å². The molecule has 0 bridgehead atoms. The normalized spacial score (nSPS) is 34.0. The number of hydrogen-bond donors (Lipinski definition) is 0. The van der Waals surface area contributed by atoms with Gasteiger partial charge in [-0.15, -0.1) is 11.6 Å². The maximum Gasteiger partial charge on any atom is 0.285 e. The van der Waals surface area contributed by atoms with Gasteiger partial charge in [0.2, 0.25) is 0 Å². The fourth-order valence-electron chi connectivity index (χ4n) is 1.61. The quantitative estimate of drug-likeness (QED) is 0.505. The van der Waals surface area contributed by atoms with Crippen LogP contribution in [0.15, 0.2) is 0 Å². The second kappa shape index (κ2) is 3.92. The summed E-state index contributed by atoms with van der Waals surface area (Å²) in [4.78, 5) is 0. The van der Waals surface area contributed by atoms with Crippen molar-refractivity contribution in [3.05, 3.63) is 0 Å². The van der Waals surface area contributed by atoms with E-state index in [4.69, 9.17) is 25.8 Å². The first-order valence-corrected chi connectivity index (χ1v) is 4.56. The number of ether oxygens (including phenoxy) is 3. The first-order valence-electron chi connectivity index (χ1n) is 4.02. The second-order valence-electron chi connectivity index (χ2n) is 3.04. The third kappa shape index (κ3) is 1.59. The molecule has 3 nitrogen and oxygen atoms in total. The van der Waals surface area contributed by atoms with Crippen LogP contribution in [0.4, 0.5) is 0 Å². The lowest BCUT2D eigenvalue weighted by atomic mass is 10.1. The van der Waals surface area contributed by atoms with Gasteiger partial charge in [-0.2, -0.15) is 0 Å². The summed E-state index contributed by atoms with van der Waals surface area (Å²) in [5, 5.41) is 0. The highest BCUT2D eigenvalue weighted by molar-refractivity contribution is 6.18. The van der Waals surface area contributed by atoms with Gasteiger partial charge >= 0.3 is 0 Å². The van der Waals surface area contributed by atoms with Crippen LogP contribution < -0.4 is 0 Å². The summed E-state index contributed by atoms with van der Waals surface area (Å²) in [5.74, 6) is -0.172. The first kappa shape index (κ1) is 10.3. The minimum absolute atomic E-state index is 0.0431. The number of methoxy groups -OCH3 is 2. The molecule has 1 saturated heterocycles. The van der Waals surface area contributed by atoms with E-state index in [0.717, 1.165) is 6.42 Å². The Labute approximate surface area is 77.9 Å². The number of alkyl halides is 1. The summed E-state index contributed by atoms with van der Waals surface area (Å²) in [6.07, 6.45) is 0.923. The molecule has 0 saturated carbocycles. The average Bonchev–Trinajstić information content (AvgIpc) is 2.43. The van der Waals surface area contributed by atoms with Gasteiger partial charge in [-0.05, 0) is 6.42 Å². The molecule has 1 rings (SSSR count). The molecule has 0 N–H and O–H groups in total. The molecule has 1 aliphatic rings. The molecule has 2 atom stereocenters. The van der Waals surface area contributed by atoms with Crippen LogP contribution in [0, 0.1) is 5.92 Å². The van der Waals surface area contributed by atoms with E-state index in [1.807, 2.05) is 6.92 Å². The molecule has 72 valence electrons. The van der Waals surface area contributed by atoms with Gasteiger partial charge in [0.05, 0.1) is 6.10 Å². The van der Waals surface area contributed by atoms with Crippen molar-refractivity contribution in [1.29, 1.82) is 0 Å². The largest absolute Gasteiger partial charge is 0.331 e. The van der Waals surface area contributed by atoms with E-state index in [-0.39, 0.29) is 12.0 Å². The van der Waals surface area contributed by atoms with E-state index >= 15 is 0 Å². The van der Waals surface area contributed by atoms with Crippen molar-refractivity contribution in [3.63, 3.8) is 0 Å². The van der Waals surface area contributed by atoms with Crippen LogP contribution in [0.25, 0.3) is 0 Å². The molecule has 0 aliphatic carbocycles. The van der Waals surface area contributed by atoms with E-state index in [0.29, 0.717) is 5.88 Å². The molecule has 4 heteroatoms. The van der Waals surface area contributed by atoms with Crippen molar-refractivity contribution in [2.24, 2.45) is 5.92 Å². The Balaban J connectivity index is 2.65. The zero-order chi connectivity index (χ0) is 9.19. The maximum atomic E-state index is 5.68. The van der Waals surface area contributed by atoms with Gasteiger partial charge in [-0.1, -0.05) is 6.92 Å². The Bertz CT molecular complexity index is 147. The lowest BCUT2D eigenvalue weighted by molar-refractivity contribution is -0.365. The minimum Gasteiger partial charge on any atom is -0.331 e. The second-order valence-corrected chi connectivity index (χ2v) is 3.35. The van der Waals surface area contributed by atoms with Crippen molar-refractivity contribution < 1.29 is 14.2 Å². The molecular weight excluding hydrogens is 180 g/mol. The fourth-order valence-corrected chi connectivity index (χ4v) is 1.80. The van der Waals surface area contributed by atoms with Gasteiger partial charge in [0.1, 0.15) is 0 Å². The van der Waals surface area contributed by atoms with Crippen LogP contribution >= 0.6 is 11.6 Å². The molecule has 1 heterocycles. The Morgan fingerprint density at radius 3 is 2.33 bits per heavy atom. The summed E-state index contributed by atoms with van der Waals surface area (Å²) >= 11 is 5.68. The number of hydrogen-bond acceptors (Lipinski definition) is 3. The van der Waals surface area contributed by atoms with Crippen LogP contribution in [0.5, 0.6) is 0 Å². The molecule has 0 radical (unpaired) electrons. The Hall–Kier alpha value is 0.170. The van der Waals surface area contributed by atoms with Crippen LogP contribution in [0.2, 0.25) is 0 Å². The SMILES string of the molecule is COC1(OC)OC(CCl)CC1C. The molecule has 1 aliphatic heterocycles. The Morgan fingerprint density at radius 1 is 1.50 bits per heavy atom.